The van der Waals surface area contributed by atoms with E-state index < -0.39 is 0 Å². The number of carbonyl (C=O) groups excluding carboxylic acids is 1. The highest BCUT2D eigenvalue weighted by Gasteiger charge is 2.12. The summed E-state index contributed by atoms with van der Waals surface area (Å²) in [5.41, 5.74) is 1.39. The molecular formula is C12H12BrN3O2. The number of ketones is 1. The molecule has 0 atom stereocenters. The van der Waals surface area contributed by atoms with Crippen LogP contribution in [0.25, 0.3) is 0 Å². The van der Waals surface area contributed by atoms with Gasteiger partial charge in [-0.25, -0.2) is 0 Å². The second-order valence-electron chi connectivity index (χ2n) is 3.77. The third-order valence-electron chi connectivity index (χ3n) is 2.43. The maximum Gasteiger partial charge on any atom is 0.182 e. The summed E-state index contributed by atoms with van der Waals surface area (Å²) in [6.45, 7) is 1.97. The normalized spacial score (nSPS) is 10.4. The summed E-state index contributed by atoms with van der Waals surface area (Å²) in [4.78, 5) is 12.7. The highest BCUT2D eigenvalue weighted by Crippen LogP contribution is 2.14. The molecule has 0 unspecified atom stereocenters. The highest BCUT2D eigenvalue weighted by molar-refractivity contribution is 9.10. The van der Waals surface area contributed by atoms with Crippen molar-refractivity contribution in [1.29, 1.82) is 0 Å². The molecule has 0 aliphatic carbocycles. The molecule has 0 aliphatic heterocycles. The number of Topliss-reactive ketones (excluding diaryl/α,β-unsaturated/α-hetero) is 1. The van der Waals surface area contributed by atoms with E-state index in [0.717, 1.165) is 11.3 Å². The molecule has 0 saturated heterocycles. The van der Waals surface area contributed by atoms with E-state index in [9.17, 15) is 4.79 Å². The topological polar surface area (TPSA) is 57.0 Å². The van der Waals surface area contributed by atoms with E-state index in [1.54, 1.807) is 7.11 Å². The summed E-state index contributed by atoms with van der Waals surface area (Å²) >= 11 is 3.22. The molecule has 18 heavy (non-hydrogen) atoms. The Balaban J connectivity index is 2.18. The summed E-state index contributed by atoms with van der Waals surface area (Å²) in [5.74, 6) is 0.695. The summed E-state index contributed by atoms with van der Waals surface area (Å²) in [6, 6.07) is 7.62. The number of ether oxygens (including phenoxy) is 1. The molecule has 0 saturated carbocycles. The molecule has 6 heteroatoms. The molecule has 0 spiro atoms. The predicted molar refractivity (Wildman–Crippen MR) is 69.8 cm³/mol. The number of aromatic nitrogens is 3. The van der Waals surface area contributed by atoms with E-state index in [0.29, 0.717) is 16.8 Å². The highest BCUT2D eigenvalue weighted by atomic mass is 79.9. The molecule has 2 aromatic rings. The van der Waals surface area contributed by atoms with Crippen molar-refractivity contribution in [2.45, 2.75) is 13.5 Å². The van der Waals surface area contributed by atoms with Crippen LogP contribution in [0.2, 0.25) is 0 Å². The summed E-state index contributed by atoms with van der Waals surface area (Å²) in [7, 11) is 1.63. The third-order valence-corrected chi connectivity index (χ3v) is 2.96. The minimum Gasteiger partial charge on any atom is -0.497 e. The van der Waals surface area contributed by atoms with Crippen molar-refractivity contribution in [2.24, 2.45) is 0 Å². The van der Waals surface area contributed by atoms with Gasteiger partial charge in [0.1, 0.15) is 5.75 Å². The smallest absolute Gasteiger partial charge is 0.182 e. The Labute approximate surface area is 113 Å². The van der Waals surface area contributed by atoms with Crippen molar-refractivity contribution in [3.8, 4) is 5.75 Å². The van der Waals surface area contributed by atoms with Crippen molar-refractivity contribution in [3.05, 3.63) is 40.1 Å². The van der Waals surface area contributed by atoms with E-state index >= 15 is 0 Å². The van der Waals surface area contributed by atoms with E-state index in [-0.39, 0.29) is 5.78 Å². The minimum absolute atomic E-state index is 0.108. The second kappa shape index (κ2) is 5.30. The Kier molecular flexibility index (Phi) is 3.76. The van der Waals surface area contributed by atoms with Crippen LogP contribution < -0.4 is 4.74 Å². The number of nitrogens with zero attached hydrogens (tertiary/aromatic N) is 3. The van der Waals surface area contributed by atoms with E-state index in [1.807, 2.05) is 24.3 Å². The fourth-order valence-corrected chi connectivity index (χ4v) is 2.05. The fourth-order valence-electron chi connectivity index (χ4n) is 1.51. The van der Waals surface area contributed by atoms with Gasteiger partial charge in [0, 0.05) is 6.92 Å². The average Bonchev–Trinajstić information content (AvgIpc) is 2.71. The molecule has 0 fully saturated rings. The van der Waals surface area contributed by atoms with Gasteiger partial charge >= 0.3 is 0 Å². The van der Waals surface area contributed by atoms with Crippen molar-refractivity contribution in [3.63, 3.8) is 0 Å². The van der Waals surface area contributed by atoms with Crippen molar-refractivity contribution >= 4 is 21.7 Å². The maximum absolute atomic E-state index is 11.3. The Morgan fingerprint density at radius 2 is 2.00 bits per heavy atom. The molecular weight excluding hydrogens is 298 g/mol. The van der Waals surface area contributed by atoms with Crippen LogP contribution in [0, 0.1) is 0 Å². The lowest BCUT2D eigenvalue weighted by molar-refractivity contribution is 0.101. The first kappa shape index (κ1) is 12.8. The van der Waals surface area contributed by atoms with Crippen LogP contribution in [0.5, 0.6) is 5.75 Å². The van der Waals surface area contributed by atoms with Gasteiger partial charge in [-0.05, 0) is 33.6 Å². The first-order chi connectivity index (χ1) is 8.60. The van der Waals surface area contributed by atoms with Gasteiger partial charge in [-0.1, -0.05) is 12.1 Å². The molecule has 5 nitrogen and oxygen atoms in total. The van der Waals surface area contributed by atoms with Crippen molar-refractivity contribution < 1.29 is 9.53 Å². The second-order valence-corrected chi connectivity index (χ2v) is 4.53. The van der Waals surface area contributed by atoms with Gasteiger partial charge in [0.15, 0.2) is 16.1 Å². The van der Waals surface area contributed by atoms with Gasteiger partial charge < -0.3 is 4.74 Å². The largest absolute Gasteiger partial charge is 0.497 e. The summed E-state index contributed by atoms with van der Waals surface area (Å²) < 4.78 is 5.56. The Hall–Kier alpha value is -1.69. The zero-order valence-electron chi connectivity index (χ0n) is 10.1. The number of hydrogen-bond donors (Lipinski definition) is 0. The predicted octanol–water partition coefficient (Wildman–Crippen LogP) is 2.30. The molecule has 0 amide bonds. The Morgan fingerprint density at radius 3 is 2.50 bits per heavy atom. The van der Waals surface area contributed by atoms with Crippen molar-refractivity contribution in [2.75, 3.05) is 7.11 Å². The average molecular weight is 310 g/mol. The van der Waals surface area contributed by atoms with Crippen LogP contribution >= 0.6 is 15.9 Å². The van der Waals surface area contributed by atoms with E-state index in [2.05, 4.69) is 26.1 Å². The molecule has 2 rings (SSSR count). The zero-order valence-corrected chi connectivity index (χ0v) is 11.6. The number of carbonyl (C=O) groups is 1. The van der Waals surface area contributed by atoms with Gasteiger partial charge in [0.25, 0.3) is 0 Å². The monoisotopic (exact) mass is 309 g/mol. The molecule has 1 aromatic heterocycles. The Morgan fingerprint density at radius 1 is 1.33 bits per heavy atom. The summed E-state index contributed by atoms with van der Waals surface area (Å²) in [6.07, 6.45) is 0. The molecule has 1 heterocycles. The van der Waals surface area contributed by atoms with Crippen LogP contribution in [0.3, 0.4) is 0 Å². The first-order valence-electron chi connectivity index (χ1n) is 5.34. The van der Waals surface area contributed by atoms with Crippen LogP contribution in [-0.4, -0.2) is 27.9 Å². The minimum atomic E-state index is -0.108. The number of halogens is 1. The van der Waals surface area contributed by atoms with Crippen molar-refractivity contribution in [1.82, 2.24) is 15.0 Å². The molecule has 1 aromatic carbocycles. The molecule has 0 bridgehead atoms. The SMILES string of the molecule is COc1ccc(Cn2nc(Br)c(C(C)=O)n2)cc1. The van der Waals surface area contributed by atoms with Gasteiger partial charge in [0.2, 0.25) is 0 Å². The van der Waals surface area contributed by atoms with Crippen LogP contribution in [0.15, 0.2) is 28.9 Å². The van der Waals surface area contributed by atoms with E-state index in [4.69, 9.17) is 4.74 Å². The number of hydrogen-bond acceptors (Lipinski definition) is 4. The summed E-state index contributed by atoms with van der Waals surface area (Å²) in [5, 5.41) is 8.26. The molecule has 0 radical (unpaired) electrons. The van der Waals surface area contributed by atoms with Gasteiger partial charge in [-0.15, -0.1) is 10.2 Å². The third kappa shape index (κ3) is 2.76. The lowest BCUT2D eigenvalue weighted by Gasteiger charge is -2.02. The van der Waals surface area contributed by atoms with Gasteiger partial charge in [-0.3, -0.25) is 4.79 Å². The standard InChI is InChI=1S/C12H12BrN3O2/c1-8(17)11-12(13)15-16(14-11)7-9-3-5-10(18-2)6-4-9/h3-6H,7H2,1-2H3. The molecule has 0 N–H and O–H groups in total. The number of benzene rings is 1. The van der Waals surface area contributed by atoms with Crippen LogP contribution in [-0.2, 0) is 6.54 Å². The molecule has 94 valence electrons. The van der Waals surface area contributed by atoms with E-state index in [1.165, 1.54) is 11.7 Å². The Bertz CT molecular complexity index is 563. The van der Waals surface area contributed by atoms with Gasteiger partial charge in [0.05, 0.1) is 13.7 Å². The van der Waals surface area contributed by atoms with Crippen LogP contribution in [0.4, 0.5) is 0 Å². The quantitative estimate of drug-likeness (QED) is 0.813. The lowest BCUT2D eigenvalue weighted by atomic mass is 10.2. The zero-order chi connectivity index (χ0) is 13.1. The first-order valence-corrected chi connectivity index (χ1v) is 6.14. The lowest BCUT2D eigenvalue weighted by Crippen LogP contribution is -2.05. The van der Waals surface area contributed by atoms with Crippen LogP contribution in [0.1, 0.15) is 23.0 Å². The fraction of sp³-hybridized carbons (Fsp3) is 0.250. The maximum atomic E-state index is 11.3. The molecule has 0 aliphatic rings. The number of methoxy groups -OCH3 is 1. The van der Waals surface area contributed by atoms with Gasteiger partial charge in [-0.2, -0.15) is 4.80 Å². The number of rotatable bonds is 4.